The molecule has 2 aromatic rings. The minimum Gasteiger partial charge on any atom is -0.495 e. The molecule has 0 bridgehead atoms. The van der Waals surface area contributed by atoms with Crippen molar-refractivity contribution in [3.05, 3.63) is 48.2 Å². The van der Waals surface area contributed by atoms with Gasteiger partial charge in [-0.05, 0) is 55.5 Å². The SMILES string of the molecule is COc1ccccc1Nc1ncccc1C(=O)N1CCC2(CCNC2)CC1.Cl.Cl. The Balaban J connectivity index is 0.00000150. The number of pyridine rings is 1. The van der Waals surface area contributed by atoms with Gasteiger partial charge in [-0.25, -0.2) is 4.98 Å². The van der Waals surface area contributed by atoms with Gasteiger partial charge in [-0.2, -0.15) is 0 Å². The Morgan fingerprint density at radius 3 is 2.59 bits per heavy atom. The van der Waals surface area contributed by atoms with E-state index < -0.39 is 0 Å². The van der Waals surface area contributed by atoms with Crippen LogP contribution in [0, 0.1) is 5.41 Å². The van der Waals surface area contributed by atoms with E-state index in [1.165, 1.54) is 6.42 Å². The summed E-state index contributed by atoms with van der Waals surface area (Å²) in [5.41, 5.74) is 1.79. The van der Waals surface area contributed by atoms with Crippen molar-refractivity contribution in [1.29, 1.82) is 0 Å². The van der Waals surface area contributed by atoms with E-state index in [0.717, 1.165) is 50.5 Å². The van der Waals surface area contributed by atoms with Gasteiger partial charge in [-0.3, -0.25) is 4.79 Å². The van der Waals surface area contributed by atoms with Crippen molar-refractivity contribution in [3.63, 3.8) is 0 Å². The maximum Gasteiger partial charge on any atom is 0.257 e. The molecule has 2 N–H and O–H groups in total. The number of anilines is 2. The summed E-state index contributed by atoms with van der Waals surface area (Å²) < 4.78 is 5.40. The highest BCUT2D eigenvalue weighted by Gasteiger charge is 2.38. The Bertz CT molecular complexity index is 818. The smallest absolute Gasteiger partial charge is 0.257 e. The van der Waals surface area contributed by atoms with E-state index in [4.69, 9.17) is 4.74 Å². The summed E-state index contributed by atoms with van der Waals surface area (Å²) in [6.07, 6.45) is 5.06. The Morgan fingerprint density at radius 2 is 1.90 bits per heavy atom. The third kappa shape index (κ3) is 4.94. The van der Waals surface area contributed by atoms with Gasteiger partial charge in [0.2, 0.25) is 0 Å². The van der Waals surface area contributed by atoms with Gasteiger partial charge in [0, 0.05) is 25.8 Å². The van der Waals surface area contributed by atoms with Crippen LogP contribution < -0.4 is 15.4 Å². The highest BCUT2D eigenvalue weighted by molar-refractivity contribution is 5.99. The first kappa shape index (κ1) is 23.3. The number of likely N-dealkylation sites (tertiary alicyclic amines) is 1. The van der Waals surface area contributed by atoms with E-state index in [1.54, 1.807) is 13.3 Å². The van der Waals surface area contributed by atoms with Crippen molar-refractivity contribution in [2.24, 2.45) is 5.41 Å². The molecule has 6 nitrogen and oxygen atoms in total. The zero-order valence-corrected chi connectivity index (χ0v) is 18.2. The summed E-state index contributed by atoms with van der Waals surface area (Å²) in [7, 11) is 1.63. The normalized spacial score (nSPS) is 17.2. The number of ether oxygens (including phenoxy) is 1. The van der Waals surface area contributed by atoms with Gasteiger partial charge in [0.05, 0.1) is 18.4 Å². The van der Waals surface area contributed by atoms with Gasteiger partial charge in [0.25, 0.3) is 5.91 Å². The van der Waals surface area contributed by atoms with Crippen LogP contribution in [0.4, 0.5) is 11.5 Å². The molecule has 29 heavy (non-hydrogen) atoms. The van der Waals surface area contributed by atoms with E-state index in [0.29, 0.717) is 16.8 Å². The molecular formula is C21H28Cl2N4O2. The molecule has 1 aromatic heterocycles. The van der Waals surface area contributed by atoms with Crippen molar-refractivity contribution in [2.75, 3.05) is 38.6 Å². The molecule has 0 atom stereocenters. The van der Waals surface area contributed by atoms with E-state index in [9.17, 15) is 4.79 Å². The highest BCUT2D eigenvalue weighted by Crippen LogP contribution is 2.37. The van der Waals surface area contributed by atoms with Crippen molar-refractivity contribution in [2.45, 2.75) is 19.3 Å². The molecule has 2 aliphatic rings. The quantitative estimate of drug-likeness (QED) is 0.757. The topological polar surface area (TPSA) is 66.5 Å². The first-order chi connectivity index (χ1) is 13.2. The molecule has 158 valence electrons. The summed E-state index contributed by atoms with van der Waals surface area (Å²) in [5.74, 6) is 1.33. The lowest BCUT2D eigenvalue weighted by Crippen LogP contribution is -2.44. The zero-order chi connectivity index (χ0) is 18.7. The number of carbonyl (C=O) groups excluding carboxylic acids is 1. The van der Waals surface area contributed by atoms with Crippen LogP contribution in [0.1, 0.15) is 29.6 Å². The maximum absolute atomic E-state index is 13.2. The molecule has 8 heteroatoms. The molecule has 0 saturated carbocycles. The number of carbonyl (C=O) groups is 1. The van der Waals surface area contributed by atoms with Crippen molar-refractivity contribution < 1.29 is 9.53 Å². The Hall–Kier alpha value is -2.02. The van der Waals surface area contributed by atoms with Crippen molar-refractivity contribution in [1.82, 2.24) is 15.2 Å². The second-order valence-electron chi connectivity index (χ2n) is 7.44. The lowest BCUT2D eigenvalue weighted by Gasteiger charge is -2.39. The first-order valence-electron chi connectivity index (χ1n) is 9.56. The molecule has 2 saturated heterocycles. The molecule has 2 aliphatic heterocycles. The second-order valence-corrected chi connectivity index (χ2v) is 7.44. The monoisotopic (exact) mass is 438 g/mol. The van der Waals surface area contributed by atoms with Gasteiger partial charge in [-0.1, -0.05) is 12.1 Å². The minimum atomic E-state index is 0. The van der Waals surface area contributed by atoms with Crippen molar-refractivity contribution in [3.8, 4) is 5.75 Å². The van der Waals surface area contributed by atoms with E-state index >= 15 is 0 Å². The lowest BCUT2D eigenvalue weighted by molar-refractivity contribution is 0.0608. The maximum atomic E-state index is 13.2. The molecule has 1 amide bonds. The van der Waals surface area contributed by atoms with Crippen LogP contribution in [-0.4, -0.2) is 49.1 Å². The first-order valence-corrected chi connectivity index (χ1v) is 9.56. The fraction of sp³-hybridized carbons (Fsp3) is 0.429. The summed E-state index contributed by atoms with van der Waals surface area (Å²) in [4.78, 5) is 19.5. The molecule has 1 aromatic carbocycles. The highest BCUT2D eigenvalue weighted by atomic mass is 35.5. The molecule has 1 spiro atoms. The van der Waals surface area contributed by atoms with Crippen LogP contribution in [-0.2, 0) is 0 Å². The van der Waals surface area contributed by atoms with Crippen LogP contribution in [0.3, 0.4) is 0 Å². The number of para-hydroxylation sites is 2. The van der Waals surface area contributed by atoms with Gasteiger partial charge >= 0.3 is 0 Å². The van der Waals surface area contributed by atoms with E-state index in [1.807, 2.05) is 41.3 Å². The molecule has 3 heterocycles. The Labute approximate surface area is 184 Å². The van der Waals surface area contributed by atoms with E-state index in [-0.39, 0.29) is 30.7 Å². The van der Waals surface area contributed by atoms with Crippen LogP contribution in [0.5, 0.6) is 5.75 Å². The van der Waals surface area contributed by atoms with Crippen LogP contribution in [0.2, 0.25) is 0 Å². The third-order valence-electron chi connectivity index (χ3n) is 5.84. The summed E-state index contributed by atoms with van der Waals surface area (Å²) >= 11 is 0. The standard InChI is InChI=1S/C21H26N4O2.2ClH/c1-27-18-7-3-2-6-17(18)24-19-16(5-4-11-23-19)20(26)25-13-9-21(10-14-25)8-12-22-15-21;;/h2-7,11,22H,8-10,12-15H2,1H3,(H,23,24);2*1H. The number of piperidine rings is 1. The predicted molar refractivity (Wildman–Crippen MR) is 120 cm³/mol. The van der Waals surface area contributed by atoms with Gasteiger partial charge in [0.15, 0.2) is 0 Å². The lowest BCUT2D eigenvalue weighted by atomic mass is 9.78. The Morgan fingerprint density at radius 1 is 1.14 bits per heavy atom. The van der Waals surface area contributed by atoms with Crippen molar-refractivity contribution >= 4 is 42.2 Å². The number of halogens is 2. The average Bonchev–Trinajstić information content (AvgIpc) is 3.17. The zero-order valence-electron chi connectivity index (χ0n) is 16.5. The number of nitrogens with one attached hydrogen (secondary N) is 2. The minimum absolute atomic E-state index is 0. The van der Waals surface area contributed by atoms with Gasteiger partial charge in [0.1, 0.15) is 11.6 Å². The predicted octanol–water partition coefficient (Wildman–Crippen LogP) is 3.89. The summed E-state index contributed by atoms with van der Waals surface area (Å²) in [5, 5.41) is 6.74. The van der Waals surface area contributed by atoms with Crippen LogP contribution in [0.15, 0.2) is 42.6 Å². The van der Waals surface area contributed by atoms with Crippen LogP contribution >= 0.6 is 24.8 Å². The number of nitrogens with zero attached hydrogens (tertiary/aromatic N) is 2. The summed E-state index contributed by atoms with van der Waals surface area (Å²) in [6, 6.07) is 11.3. The molecule has 0 aliphatic carbocycles. The number of rotatable bonds is 4. The Kier molecular flexibility index (Phi) is 8.14. The van der Waals surface area contributed by atoms with Gasteiger partial charge in [-0.15, -0.1) is 24.8 Å². The van der Waals surface area contributed by atoms with Crippen LogP contribution in [0.25, 0.3) is 0 Å². The number of benzene rings is 1. The number of hydrogen-bond acceptors (Lipinski definition) is 5. The third-order valence-corrected chi connectivity index (χ3v) is 5.84. The number of methoxy groups -OCH3 is 1. The largest absolute Gasteiger partial charge is 0.495 e. The number of hydrogen-bond donors (Lipinski definition) is 2. The summed E-state index contributed by atoms with van der Waals surface area (Å²) in [6.45, 7) is 3.80. The molecule has 0 unspecified atom stereocenters. The van der Waals surface area contributed by atoms with Gasteiger partial charge < -0.3 is 20.3 Å². The van der Waals surface area contributed by atoms with E-state index in [2.05, 4.69) is 15.6 Å². The number of aromatic nitrogens is 1. The second kappa shape index (κ2) is 10.1. The molecule has 2 fully saturated rings. The molecular weight excluding hydrogens is 411 g/mol. The fourth-order valence-electron chi connectivity index (χ4n) is 4.13. The average molecular weight is 439 g/mol. The molecule has 4 rings (SSSR count). The molecule has 0 radical (unpaired) electrons. The fourth-order valence-corrected chi connectivity index (χ4v) is 4.13. The number of amides is 1.